The van der Waals surface area contributed by atoms with Gasteiger partial charge in [-0.15, -0.1) is 0 Å². The number of halogens is 1. The van der Waals surface area contributed by atoms with E-state index < -0.39 is 0 Å². The van der Waals surface area contributed by atoms with Crippen molar-refractivity contribution >= 4 is 11.6 Å². The number of anilines is 1. The molecule has 134 valence electrons. The van der Waals surface area contributed by atoms with E-state index in [-0.39, 0.29) is 11.7 Å². The number of hydrogen-bond donors (Lipinski definition) is 1. The summed E-state index contributed by atoms with van der Waals surface area (Å²) in [6, 6.07) is 10.1. The lowest BCUT2D eigenvalue weighted by Gasteiger charge is -2.21. The van der Waals surface area contributed by atoms with Crippen LogP contribution in [-0.2, 0) is 6.42 Å². The van der Waals surface area contributed by atoms with Crippen molar-refractivity contribution in [1.82, 2.24) is 9.88 Å². The Hall–Kier alpha value is -2.43. The zero-order chi connectivity index (χ0) is 18.1. The maximum Gasteiger partial charge on any atom is 0.272 e. The molecule has 0 spiro atoms. The number of pyridine rings is 1. The van der Waals surface area contributed by atoms with Crippen LogP contribution < -0.4 is 5.32 Å². The molecule has 2 rings (SSSR count). The maximum absolute atomic E-state index is 12.9. The summed E-state index contributed by atoms with van der Waals surface area (Å²) in [5.41, 5.74) is 2.42. The summed E-state index contributed by atoms with van der Waals surface area (Å²) in [7, 11) is 0. The Balaban J connectivity index is 1.88. The van der Waals surface area contributed by atoms with Crippen LogP contribution in [-0.4, -0.2) is 35.4 Å². The molecule has 0 aliphatic carbocycles. The second-order valence-electron chi connectivity index (χ2n) is 6.03. The molecule has 2 aromatic rings. The van der Waals surface area contributed by atoms with Gasteiger partial charge < -0.3 is 10.2 Å². The minimum Gasteiger partial charge on any atom is -0.383 e. The van der Waals surface area contributed by atoms with Crippen LogP contribution in [0.25, 0.3) is 0 Å². The summed E-state index contributed by atoms with van der Waals surface area (Å²) in [4.78, 5) is 18.6. The van der Waals surface area contributed by atoms with Gasteiger partial charge in [0.15, 0.2) is 0 Å². The number of rotatable bonds is 9. The highest BCUT2D eigenvalue weighted by Crippen LogP contribution is 2.10. The lowest BCUT2D eigenvalue weighted by atomic mass is 10.1. The van der Waals surface area contributed by atoms with Gasteiger partial charge in [0.2, 0.25) is 0 Å². The smallest absolute Gasteiger partial charge is 0.272 e. The first-order valence-corrected chi connectivity index (χ1v) is 8.87. The van der Waals surface area contributed by atoms with E-state index >= 15 is 0 Å². The molecule has 1 amide bonds. The van der Waals surface area contributed by atoms with Crippen molar-refractivity contribution in [2.24, 2.45) is 0 Å². The molecular weight excluding hydrogens is 317 g/mol. The number of nitrogens with zero attached hydrogens (tertiary/aromatic N) is 2. The lowest BCUT2D eigenvalue weighted by Crippen LogP contribution is -2.33. The molecule has 0 fully saturated rings. The number of nitrogens with one attached hydrogen (secondary N) is 1. The van der Waals surface area contributed by atoms with E-state index in [4.69, 9.17) is 0 Å². The highest BCUT2D eigenvalue weighted by Gasteiger charge is 2.15. The summed E-state index contributed by atoms with van der Waals surface area (Å²) < 4.78 is 12.9. The number of aromatic nitrogens is 1. The third-order valence-electron chi connectivity index (χ3n) is 3.91. The number of carbonyl (C=O) groups is 1. The van der Waals surface area contributed by atoms with Gasteiger partial charge in [0.25, 0.3) is 5.91 Å². The molecule has 1 aromatic carbocycles. The number of carbonyl (C=O) groups excluding carboxylic acids is 1. The molecule has 25 heavy (non-hydrogen) atoms. The van der Waals surface area contributed by atoms with Crippen molar-refractivity contribution < 1.29 is 9.18 Å². The van der Waals surface area contributed by atoms with Gasteiger partial charge in [0.05, 0.1) is 11.9 Å². The summed E-state index contributed by atoms with van der Waals surface area (Å²) in [6.45, 7) is 6.37. The van der Waals surface area contributed by atoms with Crippen LogP contribution in [0.5, 0.6) is 0 Å². The Morgan fingerprint density at radius 1 is 1.08 bits per heavy atom. The van der Waals surface area contributed by atoms with Gasteiger partial charge in [-0.25, -0.2) is 9.37 Å². The zero-order valence-corrected chi connectivity index (χ0v) is 15.0. The van der Waals surface area contributed by atoms with Gasteiger partial charge in [0.1, 0.15) is 11.5 Å². The summed E-state index contributed by atoms with van der Waals surface area (Å²) in [5, 5.41) is 3.27. The van der Waals surface area contributed by atoms with Crippen molar-refractivity contribution in [1.29, 1.82) is 0 Å². The Morgan fingerprint density at radius 3 is 2.32 bits per heavy atom. The molecule has 0 atom stereocenters. The number of amides is 1. The molecule has 4 nitrogen and oxygen atoms in total. The summed E-state index contributed by atoms with van der Waals surface area (Å²) >= 11 is 0. The Kier molecular flexibility index (Phi) is 7.38. The van der Waals surface area contributed by atoms with Crippen LogP contribution in [0.1, 0.15) is 42.7 Å². The predicted octanol–water partition coefficient (Wildman–Crippen LogP) is 4.14. The third-order valence-corrected chi connectivity index (χ3v) is 3.91. The van der Waals surface area contributed by atoms with Crippen molar-refractivity contribution in [3.8, 4) is 0 Å². The van der Waals surface area contributed by atoms with Gasteiger partial charge in [-0.3, -0.25) is 4.79 Å². The SMILES string of the molecule is CCCN(CCC)C(=O)c1ccc(NCCc2ccc(F)cc2)cn1. The Morgan fingerprint density at radius 2 is 1.76 bits per heavy atom. The quantitative estimate of drug-likeness (QED) is 0.744. The molecule has 0 aliphatic rings. The van der Waals surface area contributed by atoms with E-state index in [0.29, 0.717) is 5.69 Å². The fourth-order valence-corrected chi connectivity index (χ4v) is 2.64. The van der Waals surface area contributed by atoms with Crippen molar-refractivity contribution in [3.63, 3.8) is 0 Å². The van der Waals surface area contributed by atoms with Crippen molar-refractivity contribution in [2.75, 3.05) is 25.0 Å². The Labute approximate surface area is 149 Å². The molecule has 5 heteroatoms. The molecule has 0 radical (unpaired) electrons. The minimum absolute atomic E-state index is 0.0124. The monoisotopic (exact) mass is 343 g/mol. The predicted molar refractivity (Wildman–Crippen MR) is 99.3 cm³/mol. The van der Waals surface area contributed by atoms with Crippen LogP contribution in [0.3, 0.4) is 0 Å². The molecular formula is C20H26FN3O. The highest BCUT2D eigenvalue weighted by molar-refractivity contribution is 5.92. The van der Waals surface area contributed by atoms with Crippen LogP contribution in [0, 0.1) is 5.82 Å². The Bertz CT molecular complexity index is 650. The number of hydrogen-bond acceptors (Lipinski definition) is 3. The normalized spacial score (nSPS) is 10.5. The van der Waals surface area contributed by atoms with E-state index in [9.17, 15) is 9.18 Å². The summed E-state index contributed by atoms with van der Waals surface area (Å²) in [5.74, 6) is -0.233. The van der Waals surface area contributed by atoms with E-state index in [1.807, 2.05) is 11.0 Å². The van der Waals surface area contributed by atoms with Crippen molar-refractivity contribution in [2.45, 2.75) is 33.1 Å². The largest absolute Gasteiger partial charge is 0.383 e. The van der Waals surface area contributed by atoms with Crippen LogP contribution in [0.4, 0.5) is 10.1 Å². The molecule has 0 aliphatic heterocycles. The molecule has 1 N–H and O–H groups in total. The van der Waals surface area contributed by atoms with Gasteiger partial charge in [0, 0.05) is 19.6 Å². The van der Waals surface area contributed by atoms with Crippen molar-refractivity contribution in [3.05, 3.63) is 59.7 Å². The molecule has 1 aromatic heterocycles. The first-order chi connectivity index (χ1) is 12.1. The van der Waals surface area contributed by atoms with Gasteiger partial charge in [-0.05, 0) is 49.1 Å². The molecule has 0 saturated heterocycles. The molecule has 1 heterocycles. The molecule has 0 bridgehead atoms. The third kappa shape index (κ3) is 5.85. The number of benzene rings is 1. The summed E-state index contributed by atoms with van der Waals surface area (Å²) in [6.07, 6.45) is 4.36. The lowest BCUT2D eigenvalue weighted by molar-refractivity contribution is 0.0749. The standard InChI is InChI=1S/C20H26FN3O/c1-3-13-24(14-4-2)20(25)19-10-9-18(15-23-19)22-12-11-16-5-7-17(21)8-6-16/h5-10,15,22H,3-4,11-14H2,1-2H3. The highest BCUT2D eigenvalue weighted by atomic mass is 19.1. The average Bonchev–Trinajstić information content (AvgIpc) is 2.63. The van der Waals surface area contributed by atoms with E-state index in [1.54, 1.807) is 24.4 Å². The van der Waals surface area contributed by atoms with Gasteiger partial charge in [-0.1, -0.05) is 26.0 Å². The van der Waals surface area contributed by atoms with E-state index in [0.717, 1.165) is 50.1 Å². The fourth-order valence-electron chi connectivity index (χ4n) is 2.64. The minimum atomic E-state index is -0.221. The molecule has 0 saturated carbocycles. The first-order valence-electron chi connectivity index (χ1n) is 8.87. The average molecular weight is 343 g/mol. The second kappa shape index (κ2) is 9.77. The zero-order valence-electron chi connectivity index (χ0n) is 15.0. The van der Waals surface area contributed by atoms with E-state index in [1.165, 1.54) is 12.1 Å². The van der Waals surface area contributed by atoms with Gasteiger partial charge in [-0.2, -0.15) is 0 Å². The first kappa shape index (κ1) is 18.9. The fraction of sp³-hybridized carbons (Fsp3) is 0.400. The maximum atomic E-state index is 12.9. The van der Waals surface area contributed by atoms with Crippen LogP contribution in [0.2, 0.25) is 0 Å². The van der Waals surface area contributed by atoms with Crippen LogP contribution >= 0.6 is 0 Å². The van der Waals surface area contributed by atoms with E-state index in [2.05, 4.69) is 24.1 Å². The molecule has 0 unspecified atom stereocenters. The van der Waals surface area contributed by atoms with Gasteiger partial charge >= 0.3 is 0 Å². The van der Waals surface area contributed by atoms with Crippen LogP contribution in [0.15, 0.2) is 42.6 Å². The second-order valence-corrected chi connectivity index (χ2v) is 6.03. The topological polar surface area (TPSA) is 45.2 Å².